The molecule has 0 saturated carbocycles. The second kappa shape index (κ2) is 5.50. The Morgan fingerprint density at radius 2 is 1.80 bits per heavy atom. The number of rotatable bonds is 2. The van der Waals surface area contributed by atoms with Crippen molar-refractivity contribution in [2.45, 2.75) is 32.8 Å². The molecule has 0 N–H and O–H groups in total. The highest BCUT2D eigenvalue weighted by Gasteiger charge is 2.50. The Morgan fingerprint density at radius 3 is 2.24 bits per heavy atom. The van der Waals surface area contributed by atoms with Gasteiger partial charge in [-0.3, -0.25) is 10.1 Å². The van der Waals surface area contributed by atoms with E-state index in [-0.39, 0.29) is 11.0 Å². The standard InChI is InChI=1S/C17H18F2N2O4/c1-16(2,3)25-15(22)20-8-17(9-20)6-10(7-17)14-12(18)4-11(21(23)24)5-13(14)19/h4-6H,7-9H2,1-3H3. The van der Waals surface area contributed by atoms with Gasteiger partial charge in [-0.2, -0.15) is 0 Å². The molecular weight excluding hydrogens is 334 g/mol. The summed E-state index contributed by atoms with van der Waals surface area (Å²) in [5, 5.41) is 10.6. The lowest BCUT2D eigenvalue weighted by molar-refractivity contribution is -0.385. The van der Waals surface area contributed by atoms with Crippen molar-refractivity contribution in [2.24, 2.45) is 5.41 Å². The van der Waals surface area contributed by atoms with Gasteiger partial charge >= 0.3 is 6.09 Å². The third-order valence-corrected chi connectivity index (χ3v) is 4.24. The van der Waals surface area contributed by atoms with Crippen molar-refractivity contribution in [3.8, 4) is 0 Å². The first-order chi connectivity index (χ1) is 11.5. The first kappa shape index (κ1) is 17.3. The van der Waals surface area contributed by atoms with Crippen LogP contribution in [0, 0.1) is 27.2 Å². The van der Waals surface area contributed by atoms with Gasteiger partial charge in [0, 0.05) is 24.1 Å². The summed E-state index contributed by atoms with van der Waals surface area (Å²) in [5.41, 5.74) is -1.24. The van der Waals surface area contributed by atoms with E-state index < -0.39 is 33.9 Å². The van der Waals surface area contributed by atoms with Gasteiger partial charge in [0.05, 0.1) is 17.1 Å². The molecule has 1 aromatic carbocycles. The van der Waals surface area contributed by atoms with Crippen LogP contribution in [0.2, 0.25) is 0 Å². The van der Waals surface area contributed by atoms with E-state index in [4.69, 9.17) is 4.74 Å². The number of nitro benzene ring substituents is 1. The molecule has 8 heteroatoms. The molecule has 134 valence electrons. The van der Waals surface area contributed by atoms with E-state index in [1.54, 1.807) is 31.7 Å². The Labute approximate surface area is 143 Å². The van der Waals surface area contributed by atoms with Crippen molar-refractivity contribution in [3.05, 3.63) is 45.5 Å². The van der Waals surface area contributed by atoms with Gasteiger partial charge in [-0.25, -0.2) is 13.6 Å². The van der Waals surface area contributed by atoms with E-state index >= 15 is 0 Å². The maximum absolute atomic E-state index is 14.0. The number of carbonyl (C=O) groups excluding carboxylic acids is 1. The molecule has 3 rings (SSSR count). The molecule has 0 radical (unpaired) electrons. The molecule has 1 spiro atoms. The lowest BCUT2D eigenvalue weighted by atomic mass is 9.64. The van der Waals surface area contributed by atoms with Crippen LogP contribution >= 0.6 is 0 Å². The Kier molecular flexibility index (Phi) is 3.81. The van der Waals surface area contributed by atoms with Gasteiger partial charge in [-0.05, 0) is 32.8 Å². The highest BCUT2D eigenvalue weighted by molar-refractivity contribution is 5.77. The number of amides is 1. The van der Waals surface area contributed by atoms with Crippen LogP contribution in [0.25, 0.3) is 5.57 Å². The van der Waals surface area contributed by atoms with E-state index in [9.17, 15) is 23.7 Å². The van der Waals surface area contributed by atoms with Gasteiger partial charge in [-0.1, -0.05) is 6.08 Å². The number of hydrogen-bond donors (Lipinski definition) is 0. The van der Waals surface area contributed by atoms with Crippen LogP contribution in [0.3, 0.4) is 0 Å². The number of likely N-dealkylation sites (tertiary alicyclic amines) is 1. The number of allylic oxidation sites excluding steroid dienone is 1. The molecule has 1 saturated heterocycles. The number of halogens is 2. The minimum atomic E-state index is -0.948. The lowest BCUT2D eigenvalue weighted by Gasteiger charge is -2.53. The topological polar surface area (TPSA) is 72.7 Å². The van der Waals surface area contributed by atoms with Crippen molar-refractivity contribution in [1.82, 2.24) is 4.90 Å². The summed E-state index contributed by atoms with van der Waals surface area (Å²) in [7, 11) is 0. The molecule has 0 atom stereocenters. The number of nitro groups is 1. The Bertz CT molecular complexity index is 769. The van der Waals surface area contributed by atoms with E-state index in [1.807, 2.05) is 0 Å². The fourth-order valence-electron chi connectivity index (χ4n) is 3.22. The van der Waals surface area contributed by atoms with Crippen LogP contribution < -0.4 is 0 Å². The van der Waals surface area contributed by atoms with Gasteiger partial charge in [0.15, 0.2) is 0 Å². The van der Waals surface area contributed by atoms with Gasteiger partial charge in [-0.15, -0.1) is 0 Å². The number of non-ortho nitro benzene ring substituents is 1. The summed E-state index contributed by atoms with van der Waals surface area (Å²) < 4.78 is 33.3. The average Bonchev–Trinajstić information content (AvgIpc) is 2.35. The van der Waals surface area contributed by atoms with Crippen LogP contribution in [0.4, 0.5) is 19.3 Å². The molecule has 0 aromatic heterocycles. The summed E-state index contributed by atoms with van der Waals surface area (Å²) in [6.07, 6.45) is 1.74. The molecular formula is C17H18F2N2O4. The predicted octanol–water partition coefficient (Wildman–Crippen LogP) is 3.90. The number of hydrogen-bond acceptors (Lipinski definition) is 4. The van der Waals surface area contributed by atoms with Crippen molar-refractivity contribution >= 4 is 17.4 Å². The number of benzene rings is 1. The molecule has 1 amide bonds. The molecule has 1 fully saturated rings. The lowest BCUT2D eigenvalue weighted by Crippen LogP contribution is -2.60. The Morgan fingerprint density at radius 1 is 1.28 bits per heavy atom. The normalized spacial score (nSPS) is 18.3. The fourth-order valence-corrected chi connectivity index (χ4v) is 3.22. The zero-order chi connectivity index (χ0) is 18.6. The smallest absolute Gasteiger partial charge is 0.410 e. The first-order valence-electron chi connectivity index (χ1n) is 7.83. The number of carbonyl (C=O) groups is 1. The van der Waals surface area contributed by atoms with Crippen LogP contribution in [0.5, 0.6) is 0 Å². The maximum atomic E-state index is 14.0. The Balaban J connectivity index is 1.70. The zero-order valence-electron chi connectivity index (χ0n) is 14.1. The van der Waals surface area contributed by atoms with Crippen LogP contribution in [-0.2, 0) is 4.74 Å². The monoisotopic (exact) mass is 352 g/mol. The molecule has 6 nitrogen and oxygen atoms in total. The molecule has 0 bridgehead atoms. The highest BCUT2D eigenvalue weighted by Crippen LogP contribution is 2.51. The number of nitrogens with zero attached hydrogens (tertiary/aromatic N) is 2. The predicted molar refractivity (Wildman–Crippen MR) is 85.8 cm³/mol. The van der Waals surface area contributed by atoms with Gasteiger partial charge < -0.3 is 9.64 Å². The maximum Gasteiger partial charge on any atom is 0.410 e. The van der Waals surface area contributed by atoms with Crippen molar-refractivity contribution < 1.29 is 23.2 Å². The summed E-state index contributed by atoms with van der Waals surface area (Å²) >= 11 is 0. The van der Waals surface area contributed by atoms with Crippen molar-refractivity contribution in [1.29, 1.82) is 0 Å². The van der Waals surface area contributed by atoms with E-state index in [0.717, 1.165) is 12.1 Å². The third-order valence-electron chi connectivity index (χ3n) is 4.24. The molecule has 1 aliphatic carbocycles. The molecule has 1 aliphatic heterocycles. The van der Waals surface area contributed by atoms with Gasteiger partial charge in [0.2, 0.25) is 0 Å². The summed E-state index contributed by atoms with van der Waals surface area (Å²) in [4.78, 5) is 23.3. The SMILES string of the molecule is CC(C)(C)OC(=O)N1CC2(C=C(c3c(F)cc([N+](=O)[O-])cc3F)C2)C1. The quantitative estimate of drug-likeness (QED) is 0.598. The molecule has 25 heavy (non-hydrogen) atoms. The average molecular weight is 352 g/mol. The highest BCUT2D eigenvalue weighted by atomic mass is 19.1. The van der Waals surface area contributed by atoms with Crippen LogP contribution in [0.1, 0.15) is 32.8 Å². The molecule has 1 aromatic rings. The van der Waals surface area contributed by atoms with E-state index in [2.05, 4.69) is 0 Å². The number of ether oxygens (including phenoxy) is 1. The fraction of sp³-hybridized carbons (Fsp3) is 0.471. The summed E-state index contributed by atoms with van der Waals surface area (Å²) in [6.45, 7) is 6.20. The van der Waals surface area contributed by atoms with E-state index in [0.29, 0.717) is 25.1 Å². The van der Waals surface area contributed by atoms with Crippen molar-refractivity contribution in [2.75, 3.05) is 13.1 Å². The summed E-state index contributed by atoms with van der Waals surface area (Å²) in [6, 6.07) is 1.44. The van der Waals surface area contributed by atoms with Crippen molar-refractivity contribution in [3.63, 3.8) is 0 Å². The van der Waals surface area contributed by atoms with Gasteiger partial charge in [0.1, 0.15) is 17.2 Å². The molecule has 1 heterocycles. The second-order valence-electron chi connectivity index (χ2n) is 7.59. The van der Waals surface area contributed by atoms with Gasteiger partial charge in [0.25, 0.3) is 5.69 Å². The Hall–Kier alpha value is -2.51. The summed E-state index contributed by atoms with van der Waals surface area (Å²) in [5.74, 6) is -1.90. The van der Waals surface area contributed by atoms with E-state index in [1.165, 1.54) is 0 Å². The molecule has 0 unspecified atom stereocenters. The first-order valence-corrected chi connectivity index (χ1v) is 7.83. The van der Waals surface area contributed by atoms with Crippen LogP contribution in [0.15, 0.2) is 18.2 Å². The zero-order valence-corrected chi connectivity index (χ0v) is 14.1. The third kappa shape index (κ3) is 3.20. The largest absolute Gasteiger partial charge is 0.444 e. The minimum Gasteiger partial charge on any atom is -0.444 e. The minimum absolute atomic E-state index is 0.230. The molecule has 2 aliphatic rings. The van der Waals surface area contributed by atoms with Crippen LogP contribution in [-0.4, -0.2) is 34.6 Å². The second-order valence-corrected chi connectivity index (χ2v) is 7.59.